The van der Waals surface area contributed by atoms with Crippen molar-refractivity contribution in [3.8, 4) is 0 Å². The second kappa shape index (κ2) is 21.4. The number of hydrogen-bond acceptors (Lipinski definition) is 18. The van der Waals surface area contributed by atoms with E-state index >= 15 is 0 Å². The molecule has 3 aliphatic rings. The van der Waals surface area contributed by atoms with Crippen LogP contribution in [0.2, 0.25) is 0 Å². The molecule has 306 valence electrons. The number of thioether (sulfide) groups is 3. The highest BCUT2D eigenvalue weighted by atomic mass is 32.2. The first kappa shape index (κ1) is 47.6. The molecule has 3 heterocycles. The molecule has 18 nitrogen and oxygen atoms in total. The molecule has 9 unspecified atom stereocenters. The molecule has 3 fully saturated rings. The van der Waals surface area contributed by atoms with Gasteiger partial charge in [-0.2, -0.15) is 22.0 Å². The van der Waals surface area contributed by atoms with Gasteiger partial charge in [0.2, 0.25) is 0 Å². The van der Waals surface area contributed by atoms with Crippen LogP contribution in [-0.4, -0.2) is 205 Å². The molecule has 3 rings (SSSR count). The van der Waals surface area contributed by atoms with E-state index in [2.05, 4.69) is 5.32 Å². The molecule has 0 saturated carbocycles. The maximum Gasteiger partial charge on any atom is 0.471 e. The average molecular weight is 826 g/mol. The van der Waals surface area contributed by atoms with Gasteiger partial charge in [-0.1, -0.05) is 0 Å². The highest BCUT2D eigenvalue weighted by Crippen LogP contribution is 2.33. The maximum absolute atomic E-state index is 12.0. The van der Waals surface area contributed by atoms with Crippen LogP contribution in [0, 0.1) is 0 Å². The summed E-state index contributed by atoms with van der Waals surface area (Å²) < 4.78 is 72.0. The van der Waals surface area contributed by atoms with E-state index < -0.39 is 144 Å². The summed E-state index contributed by atoms with van der Waals surface area (Å²) in [5.74, 6) is -4.93. The predicted molar refractivity (Wildman–Crippen MR) is 170 cm³/mol. The number of hydrogen-bond donors (Lipinski definition) is 15. The third-order valence-electron chi connectivity index (χ3n) is 7.21. The standard InChI is InChI=1S/C8H12F3NO5S.C8H13F2NO5S.C8H14FNO5S.3H2/c9-8(10,11)7(17)12-3-5(15)4(14)2(1-13)18-6(3)16;9-6(10)7(15)11-3-5(14)4(13)2(1-12)17-8(3)16;9-1-4(12)10-5-7(14)6(13)3(2-11)16-8(5)15;;;/h2-6,13-16H,1H2,(H,12,17);2-6,8,12-14,16H,1H2,(H,11,15);3,5-8,11,13-15H,1-2H2,(H,10,12);3*1H/t2?,3?,4-,5-,6?;2?,3?,4-,5-,8?;3?,5?,6-,7-,8?;;;/m111.../s1. The van der Waals surface area contributed by atoms with Gasteiger partial charge in [0.05, 0.1) is 72.0 Å². The minimum atomic E-state index is -5.15. The topological polar surface area (TPSA) is 330 Å². The molecule has 0 aromatic heterocycles. The molecule has 0 aromatic rings. The summed E-state index contributed by atoms with van der Waals surface area (Å²) in [6.45, 7) is -2.74. The minimum absolute atomic E-state index is 0. The number of amides is 3. The number of carbonyl (C=O) groups excluding carboxylic acids is 3. The Balaban J connectivity index is -0.000000704. The lowest BCUT2D eigenvalue weighted by atomic mass is 10.0. The largest absolute Gasteiger partial charge is 0.471 e. The van der Waals surface area contributed by atoms with Gasteiger partial charge in [0.1, 0.15) is 34.6 Å². The van der Waals surface area contributed by atoms with Gasteiger partial charge in [-0.3, -0.25) is 14.4 Å². The van der Waals surface area contributed by atoms with Gasteiger partial charge >= 0.3 is 18.5 Å². The number of nitrogens with one attached hydrogen (secondary N) is 3. The van der Waals surface area contributed by atoms with Crippen molar-refractivity contribution in [2.45, 2.75) is 99.4 Å². The number of halogens is 6. The first-order valence-corrected chi connectivity index (χ1v) is 17.1. The van der Waals surface area contributed by atoms with E-state index in [0.717, 1.165) is 11.8 Å². The quantitative estimate of drug-likeness (QED) is 0.101. The highest BCUT2D eigenvalue weighted by Gasteiger charge is 2.48. The van der Waals surface area contributed by atoms with Crippen LogP contribution < -0.4 is 16.0 Å². The Kier molecular flexibility index (Phi) is 20.0. The van der Waals surface area contributed by atoms with E-state index in [4.69, 9.17) is 15.3 Å². The van der Waals surface area contributed by atoms with Crippen molar-refractivity contribution in [1.82, 2.24) is 16.0 Å². The zero-order chi connectivity index (χ0) is 39.5. The van der Waals surface area contributed by atoms with Crippen molar-refractivity contribution in [3.63, 3.8) is 0 Å². The molecule has 15 atom stereocenters. The molecular weight excluding hydrogens is 780 g/mol. The van der Waals surface area contributed by atoms with Gasteiger partial charge in [0.15, 0.2) is 6.67 Å². The predicted octanol–water partition coefficient (Wildman–Crippen LogP) is -5.61. The Labute approximate surface area is 301 Å². The first-order valence-electron chi connectivity index (χ1n) is 14.3. The smallest absolute Gasteiger partial charge is 0.395 e. The molecule has 3 amide bonds. The van der Waals surface area contributed by atoms with Crippen LogP contribution in [0.5, 0.6) is 0 Å². The third kappa shape index (κ3) is 13.4. The Morgan fingerprint density at radius 1 is 0.588 bits per heavy atom. The van der Waals surface area contributed by atoms with E-state index in [0.29, 0.717) is 23.5 Å². The number of aliphatic hydroxyl groups is 12. The van der Waals surface area contributed by atoms with Crippen LogP contribution in [0.15, 0.2) is 0 Å². The molecular formula is C24H45F6N3O15S3. The fourth-order valence-corrected chi connectivity index (χ4v) is 7.94. The fraction of sp³-hybridized carbons (Fsp3) is 0.875. The monoisotopic (exact) mass is 825 g/mol. The second-order valence-electron chi connectivity index (χ2n) is 10.7. The van der Waals surface area contributed by atoms with Gasteiger partial charge < -0.3 is 77.2 Å². The van der Waals surface area contributed by atoms with Gasteiger partial charge in [0.25, 0.3) is 11.8 Å². The van der Waals surface area contributed by atoms with Crippen LogP contribution >= 0.6 is 35.3 Å². The van der Waals surface area contributed by atoms with E-state index in [-0.39, 0.29) is 4.28 Å². The van der Waals surface area contributed by atoms with Crippen LogP contribution in [0.25, 0.3) is 0 Å². The summed E-state index contributed by atoms with van der Waals surface area (Å²) in [5.41, 5.74) is -4.15. The molecule has 3 saturated heterocycles. The summed E-state index contributed by atoms with van der Waals surface area (Å²) in [5, 5.41) is 115. The van der Waals surface area contributed by atoms with Crippen molar-refractivity contribution in [2.24, 2.45) is 0 Å². The molecule has 3 aliphatic heterocycles. The SMILES string of the molecule is O=C(CF)NC1C(O)SC(CO)[C@@H](O)[C@@H]1O.O=C(NC1C(O)SC(CO)[C@@H](O)[C@@H]1O)C(F)(F)F.O=C(NC1C(O)SC(CO)[C@@H](O)[C@@H]1O)C(F)F.[HH].[HH].[HH]. The van der Waals surface area contributed by atoms with E-state index in [1.807, 2.05) is 0 Å². The molecule has 0 spiro atoms. The minimum Gasteiger partial charge on any atom is -0.395 e. The summed E-state index contributed by atoms with van der Waals surface area (Å²) in [4.78, 5) is 32.2. The van der Waals surface area contributed by atoms with Gasteiger partial charge in [-0.15, -0.1) is 35.3 Å². The average Bonchev–Trinajstić information content (AvgIpc) is 3.07. The molecule has 0 radical (unpaired) electrons. The van der Waals surface area contributed by atoms with Gasteiger partial charge in [-0.25, -0.2) is 4.39 Å². The summed E-state index contributed by atoms with van der Waals surface area (Å²) >= 11 is 2.09. The Bertz CT molecular complexity index is 1130. The van der Waals surface area contributed by atoms with Gasteiger partial charge in [0, 0.05) is 4.28 Å². The Morgan fingerprint density at radius 2 is 0.902 bits per heavy atom. The van der Waals surface area contributed by atoms with Crippen LogP contribution in [0.4, 0.5) is 26.3 Å². The lowest BCUT2D eigenvalue weighted by Gasteiger charge is -2.39. The highest BCUT2D eigenvalue weighted by molar-refractivity contribution is 8.01. The van der Waals surface area contributed by atoms with Gasteiger partial charge in [-0.05, 0) is 0 Å². The normalized spacial score (nSPS) is 38.3. The lowest BCUT2D eigenvalue weighted by Crippen LogP contribution is -2.62. The molecule has 0 aliphatic carbocycles. The van der Waals surface area contributed by atoms with Crippen molar-refractivity contribution < 1.29 is 106 Å². The van der Waals surface area contributed by atoms with E-state index in [9.17, 15) is 86.7 Å². The molecule has 27 heteroatoms. The first-order chi connectivity index (χ1) is 23.6. The van der Waals surface area contributed by atoms with Crippen molar-refractivity contribution in [2.75, 3.05) is 26.5 Å². The number of carbonyl (C=O) groups is 3. The summed E-state index contributed by atoms with van der Waals surface area (Å²) in [7, 11) is 0. The molecule has 15 N–H and O–H groups in total. The molecule has 0 bridgehead atoms. The Morgan fingerprint density at radius 3 is 1.18 bits per heavy atom. The molecule has 51 heavy (non-hydrogen) atoms. The Hall–Kier alpha value is -1.44. The number of aliphatic hydroxyl groups excluding tert-OH is 12. The van der Waals surface area contributed by atoms with Crippen LogP contribution in [0.1, 0.15) is 4.28 Å². The van der Waals surface area contributed by atoms with Crippen molar-refractivity contribution >= 4 is 53.0 Å². The fourth-order valence-electron chi connectivity index (χ4n) is 4.44. The summed E-state index contributed by atoms with van der Waals surface area (Å²) in [6, 6.07) is -4.22. The van der Waals surface area contributed by atoms with E-state index in [1.165, 1.54) is 5.32 Å². The number of alkyl halides is 6. The van der Waals surface area contributed by atoms with Crippen molar-refractivity contribution in [1.29, 1.82) is 0 Å². The van der Waals surface area contributed by atoms with Crippen LogP contribution in [-0.2, 0) is 14.4 Å². The van der Waals surface area contributed by atoms with Crippen LogP contribution in [0.3, 0.4) is 0 Å². The maximum atomic E-state index is 12.0. The zero-order valence-corrected chi connectivity index (χ0v) is 28.1. The second-order valence-corrected chi connectivity index (χ2v) is 14.8. The van der Waals surface area contributed by atoms with Crippen molar-refractivity contribution in [3.05, 3.63) is 0 Å². The van der Waals surface area contributed by atoms with E-state index in [1.54, 1.807) is 5.32 Å². The third-order valence-corrected chi connectivity index (χ3v) is 11.3. The lowest BCUT2D eigenvalue weighted by molar-refractivity contribution is -0.176. The summed E-state index contributed by atoms with van der Waals surface area (Å²) in [6.07, 6.45) is -17.5. The number of rotatable bonds is 8. The molecule has 0 aromatic carbocycles. The zero-order valence-electron chi connectivity index (χ0n) is 25.6.